The molecule has 0 aromatic heterocycles. The SMILES string of the molecule is Cc1cc(OC2C(C)(C)C(NC(=O)c3ccc(N4CCO[C@H](CN(C(C)C)C5CC(Oc6ccc(C(=O)N[C@H]7CCC(=O)NC7=O)c(F)c6)C5)C4)cc3)C2(C)C)cc(C)c1C#N. The maximum absolute atomic E-state index is 15.0. The second kappa shape index (κ2) is 17.7. The van der Waals surface area contributed by atoms with Crippen LogP contribution in [0.25, 0.3) is 0 Å². The first kappa shape index (κ1) is 44.5. The van der Waals surface area contributed by atoms with Crippen LogP contribution in [-0.4, -0.2) is 97.2 Å². The van der Waals surface area contributed by atoms with E-state index in [1.165, 1.54) is 12.1 Å². The second-order valence-corrected chi connectivity index (χ2v) is 18.9. The maximum atomic E-state index is 15.0. The molecule has 2 saturated carbocycles. The number of morpholine rings is 1. The van der Waals surface area contributed by atoms with Gasteiger partial charge >= 0.3 is 0 Å². The van der Waals surface area contributed by atoms with Crippen LogP contribution in [0.4, 0.5) is 10.1 Å². The zero-order valence-electron chi connectivity index (χ0n) is 37.0. The Bertz CT molecular complexity index is 2210. The summed E-state index contributed by atoms with van der Waals surface area (Å²) in [7, 11) is 0. The van der Waals surface area contributed by atoms with Crippen molar-refractivity contribution in [2.45, 2.75) is 124 Å². The van der Waals surface area contributed by atoms with Gasteiger partial charge in [0.2, 0.25) is 11.8 Å². The highest BCUT2D eigenvalue weighted by molar-refractivity contribution is 6.03. The van der Waals surface area contributed by atoms with Gasteiger partial charge in [-0.05, 0) is 93.8 Å². The van der Waals surface area contributed by atoms with Gasteiger partial charge in [-0.15, -0.1) is 0 Å². The number of halogens is 1. The maximum Gasteiger partial charge on any atom is 0.254 e. The minimum absolute atomic E-state index is 0.0302. The van der Waals surface area contributed by atoms with Crippen molar-refractivity contribution in [3.8, 4) is 17.6 Å². The van der Waals surface area contributed by atoms with E-state index >= 15 is 4.39 Å². The Morgan fingerprint density at radius 1 is 0.968 bits per heavy atom. The number of ether oxygens (including phenoxy) is 3. The summed E-state index contributed by atoms with van der Waals surface area (Å²) >= 11 is 0. The molecule has 2 saturated heterocycles. The molecule has 3 aromatic carbocycles. The van der Waals surface area contributed by atoms with Gasteiger partial charge in [0.05, 0.1) is 29.9 Å². The number of carbonyl (C=O) groups is 4. The molecule has 62 heavy (non-hydrogen) atoms. The van der Waals surface area contributed by atoms with E-state index in [9.17, 15) is 24.4 Å². The van der Waals surface area contributed by atoms with Crippen molar-refractivity contribution >= 4 is 29.3 Å². The first-order valence-electron chi connectivity index (χ1n) is 21.7. The van der Waals surface area contributed by atoms with Gasteiger partial charge in [-0.1, -0.05) is 27.7 Å². The summed E-state index contributed by atoms with van der Waals surface area (Å²) in [4.78, 5) is 54.5. The van der Waals surface area contributed by atoms with Crippen LogP contribution < -0.4 is 30.3 Å². The molecule has 0 spiro atoms. The van der Waals surface area contributed by atoms with Crippen LogP contribution in [0.1, 0.15) is 105 Å². The van der Waals surface area contributed by atoms with Gasteiger partial charge in [-0.2, -0.15) is 5.26 Å². The third-order valence-electron chi connectivity index (χ3n) is 13.3. The molecule has 3 N–H and O–H groups in total. The number of nitrogens with one attached hydrogen (secondary N) is 3. The van der Waals surface area contributed by atoms with E-state index in [2.05, 4.69) is 73.4 Å². The van der Waals surface area contributed by atoms with E-state index < -0.39 is 29.6 Å². The molecule has 330 valence electrons. The van der Waals surface area contributed by atoms with Gasteiger partial charge in [0.25, 0.3) is 11.8 Å². The number of carbonyl (C=O) groups excluding carboxylic acids is 4. The number of nitriles is 1. The zero-order chi connectivity index (χ0) is 44.7. The molecule has 0 bridgehead atoms. The molecule has 4 amide bonds. The van der Waals surface area contributed by atoms with Gasteiger partial charge < -0.3 is 29.7 Å². The number of piperidine rings is 1. The second-order valence-electron chi connectivity index (χ2n) is 18.9. The summed E-state index contributed by atoms with van der Waals surface area (Å²) in [6.07, 6.45) is 1.50. The van der Waals surface area contributed by atoms with Crippen LogP contribution in [0.2, 0.25) is 0 Å². The first-order chi connectivity index (χ1) is 29.3. The quantitative estimate of drug-likeness (QED) is 0.174. The Labute approximate surface area is 363 Å². The highest BCUT2D eigenvalue weighted by atomic mass is 19.1. The molecule has 2 aliphatic heterocycles. The lowest BCUT2D eigenvalue weighted by molar-refractivity contribution is -0.164. The van der Waals surface area contributed by atoms with Crippen LogP contribution in [-0.2, 0) is 14.3 Å². The van der Waals surface area contributed by atoms with Gasteiger partial charge in [0.15, 0.2) is 0 Å². The van der Waals surface area contributed by atoms with Crippen molar-refractivity contribution in [1.29, 1.82) is 5.26 Å². The number of amides is 4. The minimum Gasteiger partial charge on any atom is -0.490 e. The van der Waals surface area contributed by atoms with Gasteiger partial charge in [0, 0.05) is 85.2 Å². The average molecular weight is 851 g/mol. The smallest absolute Gasteiger partial charge is 0.254 e. The normalized spacial score (nSPS) is 25.2. The van der Waals surface area contributed by atoms with Crippen LogP contribution in [0.3, 0.4) is 0 Å². The van der Waals surface area contributed by atoms with E-state index in [-0.39, 0.29) is 71.6 Å². The molecule has 2 atom stereocenters. The van der Waals surface area contributed by atoms with Crippen LogP contribution >= 0.6 is 0 Å². The van der Waals surface area contributed by atoms with Crippen molar-refractivity contribution in [2.24, 2.45) is 10.8 Å². The topological polar surface area (TPSA) is 162 Å². The fourth-order valence-electron chi connectivity index (χ4n) is 10.1. The molecule has 7 rings (SSSR count). The van der Waals surface area contributed by atoms with E-state index in [1.54, 1.807) is 6.07 Å². The summed E-state index contributed by atoms with van der Waals surface area (Å²) in [5.74, 6) is -1.54. The predicted molar refractivity (Wildman–Crippen MR) is 232 cm³/mol. The van der Waals surface area contributed by atoms with E-state index in [1.807, 2.05) is 50.2 Å². The number of benzene rings is 3. The molecule has 2 heterocycles. The lowest BCUT2D eigenvalue weighted by atomic mass is 9.49. The lowest BCUT2D eigenvalue weighted by Gasteiger charge is -2.63. The number of rotatable bonds is 13. The number of imide groups is 1. The molecule has 14 heteroatoms. The van der Waals surface area contributed by atoms with Crippen molar-refractivity contribution < 1.29 is 37.8 Å². The van der Waals surface area contributed by atoms with E-state index in [0.29, 0.717) is 30.0 Å². The standard InChI is InChI=1S/C48H59FN6O7/c1-27(2)55(32-21-35(22-32)61-33-13-14-37(39(49)23-33)43(58)51-40-15-16-41(56)52-44(40)59)26-36-25-54(17-18-60-36)31-11-9-30(10-12-31)42(57)53-45-47(5,6)46(48(45,7)8)62-34-19-28(3)38(24-50)29(4)20-34/h9-14,19-20,23,27,32,35-36,40,45-46H,15-18,21-22,25-26H2,1-8H3,(H,51,58)(H,53,57)(H,52,56,59)/t32?,35?,36-,40-,45?,46?/m0/s1. The Balaban J connectivity index is 0.887. The molecule has 0 unspecified atom stereocenters. The molecule has 4 fully saturated rings. The average Bonchev–Trinajstić information content (AvgIpc) is 3.20. The summed E-state index contributed by atoms with van der Waals surface area (Å²) in [5.41, 5.74) is 3.17. The third-order valence-corrected chi connectivity index (χ3v) is 13.3. The molecule has 3 aromatic rings. The summed E-state index contributed by atoms with van der Waals surface area (Å²) in [6.45, 7) is 19.4. The van der Waals surface area contributed by atoms with Crippen molar-refractivity contribution in [2.75, 3.05) is 31.1 Å². The minimum atomic E-state index is -0.896. The first-order valence-corrected chi connectivity index (χ1v) is 21.7. The van der Waals surface area contributed by atoms with Crippen molar-refractivity contribution in [3.05, 3.63) is 88.2 Å². The molecule has 4 aliphatic rings. The van der Waals surface area contributed by atoms with Gasteiger partial charge in [-0.3, -0.25) is 29.4 Å². The zero-order valence-corrected chi connectivity index (χ0v) is 37.0. The number of anilines is 1. The third kappa shape index (κ3) is 9.15. The van der Waals surface area contributed by atoms with Crippen LogP contribution in [0.5, 0.6) is 11.5 Å². The summed E-state index contributed by atoms with van der Waals surface area (Å²) in [6, 6.07) is 17.5. The number of aryl methyl sites for hydroxylation is 2. The molecule has 2 aliphatic carbocycles. The van der Waals surface area contributed by atoms with E-state index in [4.69, 9.17) is 14.2 Å². The van der Waals surface area contributed by atoms with E-state index in [0.717, 1.165) is 48.5 Å². The largest absolute Gasteiger partial charge is 0.490 e. The van der Waals surface area contributed by atoms with Crippen molar-refractivity contribution in [3.63, 3.8) is 0 Å². The monoisotopic (exact) mass is 850 g/mol. The molecule has 0 radical (unpaired) electrons. The number of hydrogen-bond donors (Lipinski definition) is 3. The number of hydrogen-bond acceptors (Lipinski definition) is 10. The van der Waals surface area contributed by atoms with Crippen molar-refractivity contribution in [1.82, 2.24) is 20.9 Å². The molecule has 13 nitrogen and oxygen atoms in total. The Hall–Kier alpha value is -5.52. The summed E-state index contributed by atoms with van der Waals surface area (Å²) < 4.78 is 34.0. The fraction of sp³-hybridized carbons (Fsp3) is 0.521. The van der Waals surface area contributed by atoms with Crippen LogP contribution in [0.15, 0.2) is 54.6 Å². The highest BCUT2D eigenvalue weighted by Crippen LogP contribution is 2.55. The lowest BCUT2D eigenvalue weighted by Crippen LogP contribution is -2.74. The van der Waals surface area contributed by atoms with Gasteiger partial charge in [0.1, 0.15) is 35.6 Å². The number of nitrogens with zero attached hydrogens (tertiary/aromatic N) is 3. The van der Waals surface area contributed by atoms with Crippen LogP contribution in [0, 0.1) is 41.8 Å². The molecular weight excluding hydrogens is 792 g/mol. The molecular formula is C48H59FN6O7. The Morgan fingerprint density at radius 3 is 2.26 bits per heavy atom. The summed E-state index contributed by atoms with van der Waals surface area (Å²) in [5, 5.41) is 17.5. The Kier molecular flexibility index (Phi) is 12.7. The Morgan fingerprint density at radius 2 is 1.65 bits per heavy atom. The highest BCUT2D eigenvalue weighted by Gasteiger charge is 2.64. The van der Waals surface area contributed by atoms with Gasteiger partial charge in [-0.25, -0.2) is 4.39 Å². The fourth-order valence-corrected chi connectivity index (χ4v) is 10.1. The predicted octanol–water partition coefficient (Wildman–Crippen LogP) is 5.99.